The van der Waals surface area contributed by atoms with Gasteiger partial charge in [0, 0.05) is 32.5 Å². The SMILES string of the molecule is CC(=O)N(C)C[C@@H]1Oc2cc(-c3ccc(C#N)cc3)ccc2S(=O)(=O)N([C@H](C)CO)C[C@@H]1C. The number of ether oxygens (including phenoxy) is 1. The third-order valence-corrected chi connectivity index (χ3v) is 8.03. The van der Waals surface area contributed by atoms with Crippen LogP contribution in [0.5, 0.6) is 5.75 Å². The van der Waals surface area contributed by atoms with Gasteiger partial charge < -0.3 is 14.7 Å². The van der Waals surface area contributed by atoms with E-state index in [0.29, 0.717) is 12.1 Å². The lowest BCUT2D eigenvalue weighted by Gasteiger charge is -2.37. The molecule has 176 valence electrons. The van der Waals surface area contributed by atoms with Crippen molar-refractivity contribution in [2.45, 2.75) is 37.8 Å². The summed E-state index contributed by atoms with van der Waals surface area (Å²) in [6.07, 6.45) is -0.460. The van der Waals surface area contributed by atoms with E-state index in [1.807, 2.05) is 6.92 Å². The Morgan fingerprint density at radius 2 is 1.91 bits per heavy atom. The summed E-state index contributed by atoms with van der Waals surface area (Å²) in [6, 6.07) is 13.3. The average Bonchev–Trinajstić information content (AvgIpc) is 2.80. The minimum atomic E-state index is -3.94. The summed E-state index contributed by atoms with van der Waals surface area (Å²) in [5.74, 6) is -0.171. The monoisotopic (exact) mass is 471 g/mol. The second-order valence-corrected chi connectivity index (χ2v) is 10.3. The Labute approximate surface area is 195 Å². The van der Waals surface area contributed by atoms with Crippen LogP contribution in [0.3, 0.4) is 0 Å². The quantitative estimate of drug-likeness (QED) is 0.717. The molecular formula is C24H29N3O5S. The molecule has 1 N–H and O–H groups in total. The molecule has 0 bridgehead atoms. The highest BCUT2D eigenvalue weighted by Gasteiger charge is 2.38. The zero-order valence-electron chi connectivity index (χ0n) is 19.2. The predicted octanol–water partition coefficient (Wildman–Crippen LogP) is 2.47. The van der Waals surface area contributed by atoms with Crippen LogP contribution in [0.1, 0.15) is 26.3 Å². The van der Waals surface area contributed by atoms with Crippen LogP contribution < -0.4 is 4.74 Å². The van der Waals surface area contributed by atoms with E-state index in [2.05, 4.69) is 6.07 Å². The Hall–Kier alpha value is -2.93. The van der Waals surface area contributed by atoms with Crippen LogP contribution in [0.2, 0.25) is 0 Å². The number of hydrogen-bond acceptors (Lipinski definition) is 6. The van der Waals surface area contributed by atoms with Crippen molar-refractivity contribution >= 4 is 15.9 Å². The topological polar surface area (TPSA) is 111 Å². The molecule has 1 aliphatic heterocycles. The Bertz CT molecular complexity index is 1160. The molecule has 1 heterocycles. The highest BCUT2D eigenvalue weighted by Crippen LogP contribution is 2.36. The van der Waals surface area contributed by atoms with Gasteiger partial charge in [0.15, 0.2) is 0 Å². The smallest absolute Gasteiger partial charge is 0.247 e. The lowest BCUT2D eigenvalue weighted by atomic mass is 10.0. The molecule has 8 nitrogen and oxygen atoms in total. The van der Waals surface area contributed by atoms with Crippen molar-refractivity contribution in [2.24, 2.45) is 5.92 Å². The van der Waals surface area contributed by atoms with E-state index < -0.39 is 22.2 Å². The summed E-state index contributed by atoms with van der Waals surface area (Å²) >= 11 is 0. The van der Waals surface area contributed by atoms with Gasteiger partial charge in [-0.2, -0.15) is 9.57 Å². The molecule has 0 unspecified atom stereocenters. The van der Waals surface area contributed by atoms with Gasteiger partial charge in [-0.25, -0.2) is 8.42 Å². The molecule has 0 saturated heterocycles. The minimum absolute atomic E-state index is 0.0163. The Kier molecular flexibility index (Phi) is 7.42. The minimum Gasteiger partial charge on any atom is -0.487 e. The molecule has 2 aromatic carbocycles. The number of nitrogens with zero attached hydrogens (tertiary/aromatic N) is 3. The fourth-order valence-electron chi connectivity index (χ4n) is 3.76. The lowest BCUT2D eigenvalue weighted by Crippen LogP contribution is -2.50. The van der Waals surface area contributed by atoms with Crippen molar-refractivity contribution in [3.05, 3.63) is 48.0 Å². The van der Waals surface area contributed by atoms with Crippen LogP contribution in [0.4, 0.5) is 0 Å². The number of fused-ring (bicyclic) bond motifs is 1. The van der Waals surface area contributed by atoms with E-state index in [9.17, 15) is 18.3 Å². The van der Waals surface area contributed by atoms with E-state index in [1.165, 1.54) is 17.3 Å². The Balaban J connectivity index is 2.13. The maximum absolute atomic E-state index is 13.5. The van der Waals surface area contributed by atoms with Gasteiger partial charge in [-0.3, -0.25) is 4.79 Å². The van der Waals surface area contributed by atoms with Crippen molar-refractivity contribution in [1.29, 1.82) is 5.26 Å². The first kappa shape index (κ1) is 24.7. The zero-order valence-corrected chi connectivity index (χ0v) is 20.0. The van der Waals surface area contributed by atoms with Gasteiger partial charge in [-0.1, -0.05) is 25.1 Å². The standard InChI is InChI=1S/C24H29N3O5S/c1-16-13-27(17(2)15-28)33(30,31)24-10-9-21(20-7-5-19(12-25)6-8-20)11-22(24)32-23(16)14-26(4)18(3)29/h5-11,16-17,23,28H,13-15H2,1-4H3/t16-,17+,23-/m0/s1. The first-order valence-electron chi connectivity index (χ1n) is 10.7. The van der Waals surface area contributed by atoms with Crippen molar-refractivity contribution in [3.8, 4) is 22.9 Å². The first-order valence-corrected chi connectivity index (χ1v) is 12.2. The number of aliphatic hydroxyl groups is 1. The normalized spacial score (nSPS) is 21.0. The maximum Gasteiger partial charge on any atom is 0.247 e. The molecule has 0 radical (unpaired) electrons. The van der Waals surface area contributed by atoms with E-state index in [4.69, 9.17) is 10.00 Å². The highest BCUT2D eigenvalue weighted by molar-refractivity contribution is 7.89. The largest absolute Gasteiger partial charge is 0.487 e. The Morgan fingerprint density at radius 1 is 1.27 bits per heavy atom. The zero-order chi connectivity index (χ0) is 24.3. The number of carbonyl (C=O) groups excluding carboxylic acids is 1. The number of benzene rings is 2. The number of aliphatic hydroxyl groups excluding tert-OH is 1. The van der Waals surface area contributed by atoms with Gasteiger partial charge in [-0.05, 0) is 42.3 Å². The third kappa shape index (κ3) is 5.19. The van der Waals surface area contributed by atoms with Crippen LogP contribution in [-0.4, -0.2) is 67.5 Å². The van der Waals surface area contributed by atoms with Crippen molar-refractivity contribution in [2.75, 3.05) is 26.7 Å². The molecule has 0 spiro atoms. The van der Waals surface area contributed by atoms with E-state index in [0.717, 1.165) is 11.1 Å². The molecule has 0 aliphatic carbocycles. The van der Waals surface area contributed by atoms with Crippen LogP contribution in [-0.2, 0) is 14.8 Å². The molecule has 33 heavy (non-hydrogen) atoms. The van der Waals surface area contributed by atoms with Crippen LogP contribution >= 0.6 is 0 Å². The number of likely N-dealkylation sites (N-methyl/N-ethyl adjacent to an activating group) is 1. The number of amides is 1. The second-order valence-electron chi connectivity index (χ2n) is 8.49. The molecule has 2 aromatic rings. The summed E-state index contributed by atoms with van der Waals surface area (Å²) in [4.78, 5) is 13.4. The van der Waals surface area contributed by atoms with Crippen LogP contribution in [0.15, 0.2) is 47.4 Å². The van der Waals surface area contributed by atoms with E-state index in [1.54, 1.807) is 55.3 Å². The number of rotatable bonds is 5. The summed E-state index contributed by atoms with van der Waals surface area (Å²) in [5, 5.41) is 18.8. The lowest BCUT2D eigenvalue weighted by molar-refractivity contribution is -0.129. The van der Waals surface area contributed by atoms with Crippen LogP contribution in [0.25, 0.3) is 11.1 Å². The second kappa shape index (κ2) is 9.91. The predicted molar refractivity (Wildman–Crippen MR) is 124 cm³/mol. The summed E-state index contributed by atoms with van der Waals surface area (Å²) in [6.45, 7) is 5.13. The summed E-state index contributed by atoms with van der Waals surface area (Å²) in [7, 11) is -2.26. The molecule has 0 fully saturated rings. The van der Waals surface area contributed by atoms with Crippen molar-refractivity contribution in [3.63, 3.8) is 0 Å². The fourth-order valence-corrected chi connectivity index (χ4v) is 5.58. The molecular weight excluding hydrogens is 442 g/mol. The number of nitriles is 1. The van der Waals surface area contributed by atoms with Crippen molar-refractivity contribution < 1.29 is 23.1 Å². The fraction of sp³-hybridized carbons (Fsp3) is 0.417. The average molecular weight is 472 g/mol. The third-order valence-electron chi connectivity index (χ3n) is 6.01. The Morgan fingerprint density at radius 3 is 2.48 bits per heavy atom. The van der Waals surface area contributed by atoms with Gasteiger partial charge in [0.2, 0.25) is 15.9 Å². The van der Waals surface area contributed by atoms with E-state index in [-0.39, 0.29) is 35.6 Å². The van der Waals surface area contributed by atoms with Gasteiger partial charge >= 0.3 is 0 Å². The molecule has 3 atom stereocenters. The van der Waals surface area contributed by atoms with Gasteiger partial charge in [-0.15, -0.1) is 0 Å². The summed E-state index contributed by atoms with van der Waals surface area (Å²) < 4.78 is 34.6. The number of carbonyl (C=O) groups is 1. The first-order chi connectivity index (χ1) is 15.6. The summed E-state index contributed by atoms with van der Waals surface area (Å²) in [5.41, 5.74) is 2.08. The molecule has 0 aromatic heterocycles. The van der Waals surface area contributed by atoms with Gasteiger partial charge in [0.25, 0.3) is 0 Å². The number of sulfonamides is 1. The molecule has 0 saturated carbocycles. The maximum atomic E-state index is 13.5. The molecule has 3 rings (SSSR count). The number of hydrogen-bond donors (Lipinski definition) is 1. The van der Waals surface area contributed by atoms with Crippen LogP contribution in [0, 0.1) is 17.2 Å². The molecule has 1 aliphatic rings. The molecule has 9 heteroatoms. The molecule has 1 amide bonds. The van der Waals surface area contributed by atoms with Gasteiger partial charge in [0.05, 0.1) is 24.8 Å². The van der Waals surface area contributed by atoms with Gasteiger partial charge in [0.1, 0.15) is 16.7 Å². The van der Waals surface area contributed by atoms with E-state index >= 15 is 0 Å². The highest BCUT2D eigenvalue weighted by atomic mass is 32.2. The van der Waals surface area contributed by atoms with Crippen molar-refractivity contribution in [1.82, 2.24) is 9.21 Å².